The lowest BCUT2D eigenvalue weighted by atomic mass is 10.0. The van der Waals surface area contributed by atoms with Gasteiger partial charge in [0.05, 0.1) is 28.4 Å². The first-order chi connectivity index (χ1) is 13.1. The number of rotatable bonds is 6. The first-order valence-electron chi connectivity index (χ1n) is 8.28. The normalized spacial score (nSPS) is 10.4. The van der Waals surface area contributed by atoms with Crippen LogP contribution in [-0.2, 0) is 4.74 Å². The number of aromatic amines is 1. The number of benzene rings is 2. The summed E-state index contributed by atoms with van der Waals surface area (Å²) in [4.78, 5) is 15.5. The van der Waals surface area contributed by atoms with Gasteiger partial charge in [0, 0.05) is 22.9 Å². The van der Waals surface area contributed by atoms with E-state index < -0.39 is 5.97 Å². The maximum Gasteiger partial charge on any atom is 0.355 e. The quantitative estimate of drug-likeness (QED) is 0.663. The largest absolute Gasteiger partial charge is 0.497 e. The molecule has 0 bridgehead atoms. The van der Waals surface area contributed by atoms with Crippen LogP contribution in [0.4, 0.5) is 0 Å². The molecule has 27 heavy (non-hydrogen) atoms. The number of nitrogens with one attached hydrogen (secondary N) is 1. The lowest BCUT2D eigenvalue weighted by Gasteiger charge is -2.07. The van der Waals surface area contributed by atoms with Crippen LogP contribution in [0, 0.1) is 0 Å². The monoisotopic (exact) mass is 367 g/mol. The van der Waals surface area contributed by atoms with Crippen LogP contribution in [0.15, 0.2) is 48.5 Å². The molecule has 0 radical (unpaired) electrons. The number of carbonyl (C=O) groups excluding carboxylic acids is 1. The van der Waals surface area contributed by atoms with Crippen molar-refractivity contribution in [3.63, 3.8) is 0 Å². The Morgan fingerprint density at radius 2 is 1.33 bits per heavy atom. The highest BCUT2D eigenvalue weighted by molar-refractivity contribution is 5.97. The Hall–Kier alpha value is -3.41. The molecule has 6 heteroatoms. The first kappa shape index (κ1) is 18.4. The number of hydrogen-bond acceptors (Lipinski definition) is 5. The van der Waals surface area contributed by atoms with Gasteiger partial charge in [-0.2, -0.15) is 0 Å². The average Bonchev–Trinajstić information content (AvgIpc) is 3.18. The van der Waals surface area contributed by atoms with Gasteiger partial charge >= 0.3 is 5.97 Å². The Morgan fingerprint density at radius 1 is 0.741 bits per heavy atom. The van der Waals surface area contributed by atoms with Crippen molar-refractivity contribution >= 4 is 5.97 Å². The highest BCUT2D eigenvalue weighted by Gasteiger charge is 2.19. The van der Waals surface area contributed by atoms with Crippen molar-refractivity contribution in [3.8, 4) is 39.6 Å². The van der Waals surface area contributed by atoms with E-state index in [0.717, 1.165) is 28.1 Å². The van der Waals surface area contributed by atoms with E-state index in [1.54, 1.807) is 27.4 Å². The zero-order chi connectivity index (χ0) is 19.4. The van der Waals surface area contributed by atoms with Gasteiger partial charge in [0.25, 0.3) is 0 Å². The van der Waals surface area contributed by atoms with Gasteiger partial charge in [0.2, 0.25) is 0 Å². The second-order valence-corrected chi connectivity index (χ2v) is 5.79. The first-order valence-corrected chi connectivity index (χ1v) is 8.28. The van der Waals surface area contributed by atoms with Gasteiger partial charge in [-0.15, -0.1) is 0 Å². The number of hydrogen-bond donors (Lipinski definition) is 1. The van der Waals surface area contributed by atoms with E-state index in [0.29, 0.717) is 17.2 Å². The van der Waals surface area contributed by atoms with Gasteiger partial charge in [-0.3, -0.25) is 0 Å². The topological polar surface area (TPSA) is 69.8 Å². The molecule has 2 aromatic carbocycles. The minimum atomic E-state index is -0.443. The number of H-pyrrole nitrogens is 1. The predicted octanol–water partition coefficient (Wildman–Crippen LogP) is 4.16. The fourth-order valence-electron chi connectivity index (χ4n) is 2.83. The highest BCUT2D eigenvalue weighted by Crippen LogP contribution is 2.34. The van der Waals surface area contributed by atoms with E-state index in [9.17, 15) is 4.79 Å². The minimum Gasteiger partial charge on any atom is -0.497 e. The molecule has 0 unspecified atom stereocenters. The fraction of sp³-hybridized carbons (Fsp3) is 0.190. The van der Waals surface area contributed by atoms with E-state index in [-0.39, 0.29) is 0 Å². The number of esters is 1. The summed E-state index contributed by atoms with van der Waals surface area (Å²) in [5, 5.41) is 0. The van der Waals surface area contributed by atoms with Crippen molar-refractivity contribution in [3.05, 3.63) is 54.2 Å². The van der Waals surface area contributed by atoms with Crippen molar-refractivity contribution < 1.29 is 23.7 Å². The molecule has 0 saturated carbocycles. The molecule has 140 valence electrons. The Kier molecular flexibility index (Phi) is 5.35. The molecule has 3 aromatic rings. The molecular formula is C21H21NO5. The minimum absolute atomic E-state index is 0.374. The molecule has 0 atom stereocenters. The molecule has 0 aliphatic carbocycles. The van der Waals surface area contributed by atoms with Crippen LogP contribution >= 0.6 is 0 Å². The van der Waals surface area contributed by atoms with E-state index in [4.69, 9.17) is 18.9 Å². The maximum atomic E-state index is 12.3. The summed E-state index contributed by atoms with van der Waals surface area (Å²) in [6.07, 6.45) is 0. The number of ether oxygens (including phenoxy) is 4. The summed E-state index contributed by atoms with van der Waals surface area (Å²) in [6, 6.07) is 14.9. The lowest BCUT2D eigenvalue weighted by molar-refractivity contribution is 0.0596. The molecule has 0 saturated heterocycles. The van der Waals surface area contributed by atoms with Gasteiger partial charge in [-0.1, -0.05) is 12.1 Å². The summed E-state index contributed by atoms with van der Waals surface area (Å²) in [6.45, 7) is 0. The third-order valence-electron chi connectivity index (χ3n) is 4.27. The second-order valence-electron chi connectivity index (χ2n) is 5.79. The lowest BCUT2D eigenvalue weighted by Crippen LogP contribution is -2.03. The van der Waals surface area contributed by atoms with Crippen LogP contribution in [0.5, 0.6) is 17.2 Å². The molecule has 0 aliphatic rings. The summed E-state index contributed by atoms with van der Waals surface area (Å²) in [5.74, 6) is 1.61. The maximum absolute atomic E-state index is 12.3. The highest BCUT2D eigenvalue weighted by atomic mass is 16.5. The zero-order valence-corrected chi connectivity index (χ0v) is 15.7. The van der Waals surface area contributed by atoms with Crippen molar-refractivity contribution in [1.82, 2.24) is 4.98 Å². The van der Waals surface area contributed by atoms with Crippen molar-refractivity contribution in [2.75, 3.05) is 28.4 Å². The van der Waals surface area contributed by atoms with Gasteiger partial charge in [0.1, 0.15) is 22.9 Å². The Labute approximate surface area is 157 Å². The predicted molar refractivity (Wildman–Crippen MR) is 103 cm³/mol. The van der Waals surface area contributed by atoms with Gasteiger partial charge in [0.15, 0.2) is 0 Å². The third-order valence-corrected chi connectivity index (χ3v) is 4.27. The Balaban J connectivity index is 2.13. The van der Waals surface area contributed by atoms with Crippen LogP contribution in [0.1, 0.15) is 10.5 Å². The summed E-state index contributed by atoms with van der Waals surface area (Å²) >= 11 is 0. The number of methoxy groups -OCH3 is 4. The zero-order valence-electron chi connectivity index (χ0n) is 15.7. The second kappa shape index (κ2) is 7.86. The van der Waals surface area contributed by atoms with E-state index in [2.05, 4.69) is 4.98 Å². The Morgan fingerprint density at radius 3 is 1.85 bits per heavy atom. The Bertz CT molecular complexity index is 921. The molecule has 3 rings (SSSR count). The number of carbonyl (C=O) groups is 1. The standard InChI is InChI=1S/C21H21NO5/c1-24-15-7-5-13(6-8-15)18-12-19(22-20(18)21(23)27-4)14-9-16(25-2)11-17(10-14)26-3/h5-12,22H,1-4H3. The summed E-state index contributed by atoms with van der Waals surface area (Å²) in [7, 11) is 6.15. The van der Waals surface area contributed by atoms with Gasteiger partial charge in [-0.05, 0) is 35.9 Å². The van der Waals surface area contributed by atoms with Crippen molar-refractivity contribution in [1.29, 1.82) is 0 Å². The molecule has 0 spiro atoms. The summed E-state index contributed by atoms with van der Waals surface area (Å²) < 4.78 is 20.8. The molecule has 0 fully saturated rings. The van der Waals surface area contributed by atoms with Gasteiger partial charge < -0.3 is 23.9 Å². The van der Waals surface area contributed by atoms with Gasteiger partial charge in [-0.25, -0.2) is 4.79 Å². The number of aromatic nitrogens is 1. The van der Waals surface area contributed by atoms with Crippen LogP contribution in [0.3, 0.4) is 0 Å². The van der Waals surface area contributed by atoms with Crippen LogP contribution in [0.25, 0.3) is 22.4 Å². The molecule has 0 amide bonds. The van der Waals surface area contributed by atoms with Crippen LogP contribution in [-0.4, -0.2) is 39.4 Å². The molecule has 6 nitrogen and oxygen atoms in total. The smallest absolute Gasteiger partial charge is 0.355 e. The SMILES string of the molecule is COC(=O)c1[nH]c(-c2cc(OC)cc(OC)c2)cc1-c1ccc(OC)cc1. The van der Waals surface area contributed by atoms with E-state index >= 15 is 0 Å². The molecule has 1 N–H and O–H groups in total. The average molecular weight is 367 g/mol. The molecule has 1 aromatic heterocycles. The third kappa shape index (κ3) is 3.74. The van der Waals surface area contributed by atoms with E-state index in [1.165, 1.54) is 7.11 Å². The van der Waals surface area contributed by atoms with E-state index in [1.807, 2.05) is 42.5 Å². The molecular weight excluding hydrogens is 346 g/mol. The van der Waals surface area contributed by atoms with Crippen molar-refractivity contribution in [2.45, 2.75) is 0 Å². The summed E-state index contributed by atoms with van der Waals surface area (Å²) in [5.41, 5.74) is 3.56. The van der Waals surface area contributed by atoms with Crippen LogP contribution in [0.2, 0.25) is 0 Å². The fourth-order valence-corrected chi connectivity index (χ4v) is 2.83. The van der Waals surface area contributed by atoms with Crippen LogP contribution < -0.4 is 14.2 Å². The van der Waals surface area contributed by atoms with Crippen molar-refractivity contribution in [2.24, 2.45) is 0 Å². The molecule has 0 aliphatic heterocycles. The molecule has 1 heterocycles.